The van der Waals surface area contributed by atoms with E-state index in [4.69, 9.17) is 14.6 Å². The third kappa shape index (κ3) is 5.48. The van der Waals surface area contributed by atoms with Crippen LogP contribution in [0.5, 0.6) is 5.75 Å². The van der Waals surface area contributed by atoms with Gasteiger partial charge < -0.3 is 14.4 Å². The molecule has 6 nitrogen and oxygen atoms in total. The van der Waals surface area contributed by atoms with E-state index in [1.807, 2.05) is 33.9 Å². The molecule has 1 heterocycles. The van der Waals surface area contributed by atoms with Crippen LogP contribution >= 0.6 is 15.9 Å². The molecule has 0 radical (unpaired) electrons. The zero-order valence-corrected chi connectivity index (χ0v) is 20.5. The fourth-order valence-electron chi connectivity index (χ4n) is 4.32. The molecule has 0 spiro atoms. The first-order chi connectivity index (χ1) is 14.1. The summed E-state index contributed by atoms with van der Waals surface area (Å²) in [4.78, 5) is 13.9. The molecular formula is C23H34BrN3O3. The predicted octanol–water partition coefficient (Wildman–Crippen LogP) is 6.04. The van der Waals surface area contributed by atoms with Gasteiger partial charge in [0.05, 0.1) is 23.1 Å². The highest BCUT2D eigenvalue weighted by atomic mass is 79.9. The molecule has 30 heavy (non-hydrogen) atoms. The summed E-state index contributed by atoms with van der Waals surface area (Å²) >= 11 is 3.56. The van der Waals surface area contributed by atoms with Gasteiger partial charge in [-0.3, -0.25) is 4.68 Å². The van der Waals surface area contributed by atoms with Gasteiger partial charge in [-0.1, -0.05) is 6.92 Å². The second-order valence-electron chi connectivity index (χ2n) is 9.57. The van der Waals surface area contributed by atoms with Gasteiger partial charge in [-0.15, -0.1) is 0 Å². The Balaban J connectivity index is 1.57. The number of amides is 1. The summed E-state index contributed by atoms with van der Waals surface area (Å²) < 4.78 is 13.9. The number of hydrogen-bond donors (Lipinski definition) is 0. The van der Waals surface area contributed by atoms with Crippen LogP contribution in [0.15, 0.2) is 22.8 Å². The van der Waals surface area contributed by atoms with Gasteiger partial charge in [0, 0.05) is 31.2 Å². The number of benzene rings is 1. The lowest BCUT2D eigenvalue weighted by molar-refractivity contribution is 0.0283. The molecular weight excluding hydrogens is 446 g/mol. The molecule has 0 N–H and O–H groups in total. The zero-order chi connectivity index (χ0) is 22.1. The third-order valence-electron chi connectivity index (χ3n) is 5.95. The smallest absolute Gasteiger partial charge is 0.410 e. The van der Waals surface area contributed by atoms with E-state index in [9.17, 15) is 4.79 Å². The molecule has 1 aliphatic rings. The summed E-state index contributed by atoms with van der Waals surface area (Å²) in [7, 11) is 3.50. The minimum atomic E-state index is -0.454. The van der Waals surface area contributed by atoms with Gasteiger partial charge in [0.1, 0.15) is 11.4 Å². The topological polar surface area (TPSA) is 56.6 Å². The van der Waals surface area contributed by atoms with Crippen molar-refractivity contribution in [3.05, 3.63) is 22.8 Å². The Morgan fingerprint density at radius 2 is 2.07 bits per heavy atom. The Morgan fingerprint density at radius 3 is 2.70 bits per heavy atom. The quantitative estimate of drug-likeness (QED) is 0.524. The summed E-state index contributed by atoms with van der Waals surface area (Å²) in [6.07, 6.45) is 6.33. The molecule has 166 valence electrons. The number of halogens is 1. The van der Waals surface area contributed by atoms with E-state index in [1.54, 1.807) is 12.0 Å². The number of hydrogen-bond acceptors (Lipinski definition) is 4. The molecule has 1 aliphatic carbocycles. The van der Waals surface area contributed by atoms with Gasteiger partial charge in [-0.25, -0.2) is 4.79 Å². The van der Waals surface area contributed by atoms with E-state index in [0.29, 0.717) is 17.9 Å². The number of methoxy groups -OCH3 is 1. The van der Waals surface area contributed by atoms with Crippen molar-refractivity contribution in [2.75, 3.05) is 20.7 Å². The van der Waals surface area contributed by atoms with Crippen LogP contribution in [0.4, 0.5) is 4.79 Å². The second-order valence-corrected chi connectivity index (χ2v) is 10.4. The molecule has 1 aromatic heterocycles. The molecule has 3 atom stereocenters. The maximum atomic E-state index is 12.2. The van der Waals surface area contributed by atoms with Crippen molar-refractivity contribution in [1.29, 1.82) is 0 Å². The van der Waals surface area contributed by atoms with Gasteiger partial charge >= 0.3 is 6.09 Å². The summed E-state index contributed by atoms with van der Waals surface area (Å²) in [6.45, 7) is 8.74. The molecule has 0 saturated heterocycles. The molecule has 0 bridgehead atoms. The molecule has 2 unspecified atom stereocenters. The highest BCUT2D eigenvalue weighted by molar-refractivity contribution is 9.10. The number of carbonyl (C=O) groups is 1. The Labute approximate surface area is 188 Å². The Bertz CT molecular complexity index is 890. The van der Waals surface area contributed by atoms with Crippen molar-refractivity contribution in [2.45, 2.75) is 65.0 Å². The van der Waals surface area contributed by atoms with Gasteiger partial charge in [-0.2, -0.15) is 5.10 Å². The maximum Gasteiger partial charge on any atom is 0.410 e. The fourth-order valence-corrected chi connectivity index (χ4v) is 4.85. The Kier molecular flexibility index (Phi) is 7.00. The largest absolute Gasteiger partial charge is 0.495 e. The lowest BCUT2D eigenvalue weighted by Crippen LogP contribution is -2.36. The number of nitrogens with zero attached hydrogens (tertiary/aromatic N) is 3. The number of rotatable bonds is 5. The van der Waals surface area contributed by atoms with E-state index < -0.39 is 5.60 Å². The highest BCUT2D eigenvalue weighted by Gasteiger charge is 2.30. The molecule has 2 aromatic rings. The van der Waals surface area contributed by atoms with E-state index in [1.165, 1.54) is 0 Å². The zero-order valence-electron chi connectivity index (χ0n) is 18.9. The summed E-state index contributed by atoms with van der Waals surface area (Å²) in [5, 5.41) is 5.96. The van der Waals surface area contributed by atoms with E-state index in [0.717, 1.165) is 53.4 Å². The maximum absolute atomic E-state index is 12.2. The number of ether oxygens (including phenoxy) is 2. The van der Waals surface area contributed by atoms with Crippen molar-refractivity contribution in [2.24, 2.45) is 11.8 Å². The summed E-state index contributed by atoms with van der Waals surface area (Å²) in [5.74, 6) is 1.97. The van der Waals surface area contributed by atoms with Crippen LogP contribution < -0.4 is 4.74 Å². The fraction of sp³-hybridized carbons (Fsp3) is 0.652. The van der Waals surface area contributed by atoms with Gasteiger partial charge in [0.25, 0.3) is 0 Å². The first-order valence-electron chi connectivity index (χ1n) is 10.7. The SMILES string of the molecule is COc1cc2nn(C3CCC(CCN(C)C(=O)OC(C)(C)C)C[C@H]3C)cc2cc1Br. The van der Waals surface area contributed by atoms with Crippen molar-refractivity contribution in [1.82, 2.24) is 14.7 Å². The van der Waals surface area contributed by atoms with Gasteiger partial charge in [0.2, 0.25) is 0 Å². The number of fused-ring (bicyclic) bond motifs is 1. The van der Waals surface area contributed by atoms with E-state index in [2.05, 4.69) is 39.8 Å². The molecule has 0 aliphatic heterocycles. The minimum absolute atomic E-state index is 0.242. The normalized spacial score (nSPS) is 22.2. The van der Waals surface area contributed by atoms with Crippen LogP contribution in [0, 0.1) is 11.8 Å². The second kappa shape index (κ2) is 9.16. The average Bonchev–Trinajstić information content (AvgIpc) is 3.06. The lowest BCUT2D eigenvalue weighted by atomic mass is 9.77. The summed E-state index contributed by atoms with van der Waals surface area (Å²) in [5.41, 5.74) is 0.508. The van der Waals surface area contributed by atoms with Crippen LogP contribution in [-0.4, -0.2) is 47.1 Å². The van der Waals surface area contributed by atoms with E-state index >= 15 is 0 Å². The number of carbonyl (C=O) groups excluding carboxylic acids is 1. The van der Waals surface area contributed by atoms with Crippen molar-refractivity contribution < 1.29 is 14.3 Å². The van der Waals surface area contributed by atoms with Crippen LogP contribution in [0.3, 0.4) is 0 Å². The van der Waals surface area contributed by atoms with Crippen LogP contribution in [-0.2, 0) is 4.74 Å². The molecule has 3 rings (SSSR count). The third-order valence-corrected chi connectivity index (χ3v) is 6.57. The van der Waals surface area contributed by atoms with Crippen LogP contribution in [0.1, 0.15) is 59.4 Å². The first-order valence-corrected chi connectivity index (χ1v) is 11.5. The molecule has 1 amide bonds. The monoisotopic (exact) mass is 479 g/mol. The molecule has 7 heteroatoms. The standard InChI is InChI=1S/C23H34BrN3O3/c1-15-11-16(9-10-26(5)22(28)30-23(2,3)4)7-8-20(15)27-14-17-12-18(24)21(29-6)13-19(17)25-27/h12-16,20H,7-11H2,1-6H3/t15-,16?,20?/m1/s1. The molecule has 1 saturated carbocycles. The van der Waals surface area contributed by atoms with Crippen molar-refractivity contribution >= 4 is 32.9 Å². The minimum Gasteiger partial charge on any atom is -0.495 e. The average molecular weight is 480 g/mol. The lowest BCUT2D eigenvalue weighted by Gasteiger charge is -2.35. The van der Waals surface area contributed by atoms with E-state index in [-0.39, 0.29) is 6.09 Å². The first kappa shape index (κ1) is 22.9. The summed E-state index contributed by atoms with van der Waals surface area (Å²) in [6, 6.07) is 4.46. The van der Waals surface area contributed by atoms with Crippen LogP contribution in [0.2, 0.25) is 0 Å². The highest BCUT2D eigenvalue weighted by Crippen LogP contribution is 2.39. The van der Waals surface area contributed by atoms with Crippen LogP contribution in [0.25, 0.3) is 10.9 Å². The number of aromatic nitrogens is 2. The van der Waals surface area contributed by atoms with Gasteiger partial charge in [0.15, 0.2) is 0 Å². The molecule has 1 aromatic carbocycles. The van der Waals surface area contributed by atoms with Crippen molar-refractivity contribution in [3.63, 3.8) is 0 Å². The van der Waals surface area contributed by atoms with Crippen molar-refractivity contribution in [3.8, 4) is 5.75 Å². The van der Waals surface area contributed by atoms with Gasteiger partial charge in [-0.05, 0) is 80.3 Å². The predicted molar refractivity (Wildman–Crippen MR) is 123 cm³/mol. The Morgan fingerprint density at radius 1 is 1.33 bits per heavy atom. The molecule has 1 fully saturated rings. The Hall–Kier alpha value is -1.76.